The summed E-state index contributed by atoms with van der Waals surface area (Å²) in [6.45, 7) is 1.41. The van der Waals surface area contributed by atoms with Crippen molar-refractivity contribution in [1.82, 2.24) is 9.78 Å². The van der Waals surface area contributed by atoms with Crippen LogP contribution in [0.5, 0.6) is 0 Å². The topological polar surface area (TPSA) is 64.3 Å². The number of hydrogen-bond acceptors (Lipinski definition) is 4. The van der Waals surface area contributed by atoms with E-state index < -0.39 is 0 Å². The number of nitroso groups, excluding NO2 is 1. The molecular weight excluding hydrogens is 182 g/mol. The lowest BCUT2D eigenvalue weighted by atomic mass is 10.2. The molecule has 0 fully saturated rings. The molecule has 5 nitrogen and oxygen atoms in total. The molecule has 2 rings (SSSR count). The zero-order valence-corrected chi connectivity index (χ0v) is 7.47. The first-order valence-electron chi connectivity index (χ1n) is 4.05. The molecule has 0 N–H and O–H groups in total. The van der Waals surface area contributed by atoms with Gasteiger partial charge in [0.25, 0.3) is 0 Å². The van der Waals surface area contributed by atoms with Gasteiger partial charge in [0.1, 0.15) is 5.69 Å². The number of fused-ring (bicyclic) bond motifs is 1. The molecule has 2 aromatic rings. The second-order valence-electron chi connectivity index (χ2n) is 2.88. The molecule has 0 aliphatic heterocycles. The van der Waals surface area contributed by atoms with Crippen LogP contribution in [0.1, 0.15) is 11.7 Å². The minimum atomic E-state index is -0.192. The van der Waals surface area contributed by atoms with E-state index in [1.807, 2.05) is 0 Å². The predicted octanol–water partition coefficient (Wildman–Crippen LogP) is 2.09. The largest absolute Gasteiger partial charge is 0.273 e. The molecular formula is C9H7N3O2. The SMILES string of the molecule is CC(=O)n1ncc2c(N=O)cccc21. The smallest absolute Gasteiger partial charge is 0.244 e. The average Bonchev–Trinajstić information content (AvgIpc) is 2.60. The van der Waals surface area contributed by atoms with Crippen LogP contribution in [0.3, 0.4) is 0 Å². The number of benzene rings is 1. The number of rotatable bonds is 1. The molecule has 1 heterocycles. The van der Waals surface area contributed by atoms with E-state index in [9.17, 15) is 9.70 Å². The highest BCUT2D eigenvalue weighted by Crippen LogP contribution is 2.24. The highest BCUT2D eigenvalue weighted by atomic mass is 16.3. The lowest BCUT2D eigenvalue weighted by molar-refractivity contribution is 0.0927. The van der Waals surface area contributed by atoms with Gasteiger partial charge in [-0.3, -0.25) is 4.79 Å². The fourth-order valence-corrected chi connectivity index (χ4v) is 1.37. The van der Waals surface area contributed by atoms with E-state index in [0.717, 1.165) is 0 Å². The Morgan fingerprint density at radius 3 is 2.93 bits per heavy atom. The molecule has 1 aromatic heterocycles. The Labute approximate surface area is 79.3 Å². The van der Waals surface area contributed by atoms with E-state index >= 15 is 0 Å². The number of nitrogens with zero attached hydrogens (tertiary/aromatic N) is 3. The van der Waals surface area contributed by atoms with Crippen LogP contribution in [0.2, 0.25) is 0 Å². The summed E-state index contributed by atoms with van der Waals surface area (Å²) in [5.41, 5.74) is 0.907. The van der Waals surface area contributed by atoms with Gasteiger partial charge >= 0.3 is 0 Å². The number of aromatic nitrogens is 2. The van der Waals surface area contributed by atoms with Crippen LogP contribution in [-0.2, 0) is 0 Å². The Bertz CT molecular complexity index is 516. The zero-order valence-electron chi connectivity index (χ0n) is 7.47. The quantitative estimate of drug-likeness (QED) is 0.645. The van der Waals surface area contributed by atoms with E-state index in [2.05, 4.69) is 10.3 Å². The molecule has 0 aliphatic carbocycles. The predicted molar refractivity (Wildman–Crippen MR) is 51.5 cm³/mol. The Kier molecular flexibility index (Phi) is 1.85. The van der Waals surface area contributed by atoms with Crippen molar-refractivity contribution in [1.29, 1.82) is 0 Å². The first-order chi connectivity index (χ1) is 6.74. The lowest BCUT2D eigenvalue weighted by Gasteiger charge is -1.96. The summed E-state index contributed by atoms with van der Waals surface area (Å²) in [5.74, 6) is -0.192. The van der Waals surface area contributed by atoms with Crippen molar-refractivity contribution in [3.63, 3.8) is 0 Å². The van der Waals surface area contributed by atoms with Crippen LogP contribution >= 0.6 is 0 Å². The molecule has 0 bridgehead atoms. The standard InChI is InChI=1S/C9H7N3O2/c1-6(13)12-9-4-2-3-8(11-14)7(9)5-10-12/h2-5H,1H3. The highest BCUT2D eigenvalue weighted by molar-refractivity contribution is 5.95. The second kappa shape index (κ2) is 3.02. The second-order valence-corrected chi connectivity index (χ2v) is 2.88. The number of carbonyl (C=O) groups excluding carboxylic acids is 1. The van der Waals surface area contributed by atoms with E-state index in [1.165, 1.54) is 17.8 Å². The summed E-state index contributed by atoms with van der Waals surface area (Å²) in [7, 11) is 0. The maximum atomic E-state index is 11.1. The van der Waals surface area contributed by atoms with Gasteiger partial charge in [0.2, 0.25) is 5.91 Å². The lowest BCUT2D eigenvalue weighted by Crippen LogP contribution is -2.06. The van der Waals surface area contributed by atoms with E-state index in [4.69, 9.17) is 0 Å². The Morgan fingerprint density at radius 2 is 2.29 bits per heavy atom. The molecule has 14 heavy (non-hydrogen) atoms. The van der Waals surface area contributed by atoms with Gasteiger partial charge in [0.05, 0.1) is 11.7 Å². The van der Waals surface area contributed by atoms with Gasteiger partial charge in [-0.2, -0.15) is 5.10 Å². The summed E-state index contributed by atoms with van der Waals surface area (Å²) in [4.78, 5) is 21.5. The normalized spacial score (nSPS) is 10.4. The third kappa shape index (κ3) is 1.10. The summed E-state index contributed by atoms with van der Waals surface area (Å²) in [5, 5.41) is 7.32. The molecule has 0 aliphatic rings. The maximum Gasteiger partial charge on any atom is 0.244 e. The first-order valence-corrected chi connectivity index (χ1v) is 4.05. The first kappa shape index (κ1) is 8.55. The maximum absolute atomic E-state index is 11.1. The van der Waals surface area contributed by atoms with Crippen LogP contribution in [0.15, 0.2) is 29.6 Å². The molecule has 0 spiro atoms. The van der Waals surface area contributed by atoms with Gasteiger partial charge in [-0.1, -0.05) is 6.07 Å². The molecule has 5 heteroatoms. The molecule has 70 valence electrons. The Hall–Kier alpha value is -2.04. The van der Waals surface area contributed by atoms with Crippen LogP contribution in [0.4, 0.5) is 5.69 Å². The third-order valence-corrected chi connectivity index (χ3v) is 1.99. The monoisotopic (exact) mass is 189 g/mol. The van der Waals surface area contributed by atoms with Crippen LogP contribution in [0.25, 0.3) is 10.9 Å². The van der Waals surface area contributed by atoms with Crippen molar-refractivity contribution in [2.45, 2.75) is 6.92 Å². The van der Waals surface area contributed by atoms with Gasteiger partial charge < -0.3 is 0 Å². The molecule has 0 saturated heterocycles. The van der Waals surface area contributed by atoms with Crippen molar-refractivity contribution in [2.24, 2.45) is 5.18 Å². The van der Waals surface area contributed by atoms with Gasteiger partial charge in [0.15, 0.2) is 0 Å². The van der Waals surface area contributed by atoms with Gasteiger partial charge in [-0.05, 0) is 17.3 Å². The fraction of sp³-hybridized carbons (Fsp3) is 0.111. The highest BCUT2D eigenvalue weighted by Gasteiger charge is 2.08. The van der Waals surface area contributed by atoms with Crippen molar-refractivity contribution in [2.75, 3.05) is 0 Å². The molecule has 0 radical (unpaired) electrons. The minimum Gasteiger partial charge on any atom is -0.273 e. The zero-order chi connectivity index (χ0) is 10.1. The van der Waals surface area contributed by atoms with E-state index in [1.54, 1.807) is 18.2 Å². The van der Waals surface area contributed by atoms with Crippen molar-refractivity contribution >= 4 is 22.5 Å². The molecule has 0 unspecified atom stereocenters. The van der Waals surface area contributed by atoms with Crippen molar-refractivity contribution in [3.8, 4) is 0 Å². The fourth-order valence-electron chi connectivity index (χ4n) is 1.37. The van der Waals surface area contributed by atoms with Crippen molar-refractivity contribution < 1.29 is 4.79 Å². The van der Waals surface area contributed by atoms with Crippen molar-refractivity contribution in [3.05, 3.63) is 29.3 Å². The van der Waals surface area contributed by atoms with E-state index in [-0.39, 0.29) is 5.91 Å². The average molecular weight is 189 g/mol. The third-order valence-electron chi connectivity index (χ3n) is 1.99. The van der Waals surface area contributed by atoms with Crippen LogP contribution in [0, 0.1) is 4.91 Å². The Morgan fingerprint density at radius 1 is 1.50 bits per heavy atom. The molecule has 0 amide bonds. The van der Waals surface area contributed by atoms with E-state index in [0.29, 0.717) is 16.6 Å². The summed E-state index contributed by atoms with van der Waals surface area (Å²) in [6, 6.07) is 4.97. The van der Waals surface area contributed by atoms with Crippen LogP contribution < -0.4 is 0 Å². The van der Waals surface area contributed by atoms with Gasteiger partial charge in [-0.25, -0.2) is 4.68 Å². The number of carbonyl (C=O) groups is 1. The molecule has 0 atom stereocenters. The van der Waals surface area contributed by atoms with Gasteiger partial charge in [-0.15, -0.1) is 4.91 Å². The summed E-state index contributed by atoms with van der Waals surface area (Å²) in [6.07, 6.45) is 1.47. The summed E-state index contributed by atoms with van der Waals surface area (Å²) < 4.78 is 1.24. The Balaban J connectivity index is 2.82. The summed E-state index contributed by atoms with van der Waals surface area (Å²) >= 11 is 0. The molecule has 1 aromatic carbocycles. The van der Waals surface area contributed by atoms with Gasteiger partial charge in [0, 0.05) is 12.3 Å². The number of hydrogen-bond donors (Lipinski definition) is 0. The van der Waals surface area contributed by atoms with Crippen LogP contribution in [-0.4, -0.2) is 15.7 Å². The minimum absolute atomic E-state index is 0.192. The molecule has 0 saturated carbocycles.